The lowest BCUT2D eigenvalue weighted by molar-refractivity contribution is 0.128. The van der Waals surface area contributed by atoms with Crippen molar-refractivity contribution in [3.8, 4) is 12.3 Å². The third-order valence-corrected chi connectivity index (χ3v) is 4.18. The van der Waals surface area contributed by atoms with Gasteiger partial charge in [-0.15, -0.1) is 18.9 Å². The molecule has 0 saturated heterocycles. The molecule has 0 aliphatic heterocycles. The summed E-state index contributed by atoms with van der Waals surface area (Å²) in [5, 5.41) is 0. The summed E-state index contributed by atoms with van der Waals surface area (Å²) in [4.78, 5) is 0. The Bertz CT molecular complexity index is 294. The lowest BCUT2D eigenvalue weighted by atomic mass is 10.1. The molecule has 2 nitrogen and oxygen atoms in total. The second-order valence-corrected chi connectivity index (χ2v) is 15.4. The van der Waals surface area contributed by atoms with E-state index in [9.17, 15) is 0 Å². The van der Waals surface area contributed by atoms with Gasteiger partial charge in [0.15, 0.2) is 16.6 Å². The Morgan fingerprint density at radius 2 is 1.61 bits per heavy atom. The summed E-state index contributed by atoms with van der Waals surface area (Å²) in [7, 11) is -3.13. The average Bonchev–Trinajstić information content (AvgIpc) is 2.12. The molecule has 0 aliphatic rings. The Hall–Kier alpha value is -0.346. The van der Waals surface area contributed by atoms with E-state index in [2.05, 4.69) is 51.8 Å². The molecular formula is C14H28O2Si2. The van der Waals surface area contributed by atoms with Gasteiger partial charge in [0.05, 0.1) is 12.2 Å². The number of rotatable bonds is 8. The summed E-state index contributed by atoms with van der Waals surface area (Å²) in [6.45, 7) is 16.9. The van der Waals surface area contributed by atoms with Crippen LogP contribution in [0.5, 0.6) is 0 Å². The molecule has 18 heavy (non-hydrogen) atoms. The van der Waals surface area contributed by atoms with Crippen LogP contribution in [-0.4, -0.2) is 28.8 Å². The van der Waals surface area contributed by atoms with Gasteiger partial charge in [-0.1, -0.05) is 6.08 Å². The quantitative estimate of drug-likeness (QED) is 0.381. The molecule has 0 spiro atoms. The van der Waals surface area contributed by atoms with Gasteiger partial charge in [0, 0.05) is 12.8 Å². The largest absolute Gasteiger partial charge is 0.414 e. The van der Waals surface area contributed by atoms with Crippen LogP contribution in [0.2, 0.25) is 39.3 Å². The van der Waals surface area contributed by atoms with E-state index in [0.717, 1.165) is 6.42 Å². The van der Waals surface area contributed by atoms with Crippen molar-refractivity contribution in [3.63, 3.8) is 0 Å². The minimum absolute atomic E-state index is 0.0476. The Morgan fingerprint density at radius 3 is 1.94 bits per heavy atom. The first-order chi connectivity index (χ1) is 8.07. The van der Waals surface area contributed by atoms with Crippen LogP contribution in [0.4, 0.5) is 0 Å². The molecule has 0 fully saturated rings. The number of hydrogen-bond acceptors (Lipinski definition) is 2. The van der Waals surface area contributed by atoms with Gasteiger partial charge in [-0.3, -0.25) is 0 Å². The standard InChI is InChI=1S/C14H28O2Si2/c1-9-11-14(16-18(6,7)8)12-13(10-2)15-17(3,4)5/h1,10,13-14H,2,11-12H2,3-8H3/t13-,14+/m1/s1. The molecule has 0 aromatic rings. The van der Waals surface area contributed by atoms with Crippen LogP contribution in [-0.2, 0) is 8.85 Å². The van der Waals surface area contributed by atoms with Gasteiger partial charge in [0.1, 0.15) is 0 Å². The Balaban J connectivity index is 4.55. The third-order valence-electron chi connectivity index (χ3n) is 2.13. The fourth-order valence-electron chi connectivity index (χ4n) is 1.71. The maximum atomic E-state index is 6.11. The van der Waals surface area contributed by atoms with E-state index >= 15 is 0 Å². The second-order valence-electron chi connectivity index (χ2n) is 6.50. The van der Waals surface area contributed by atoms with E-state index in [-0.39, 0.29) is 12.2 Å². The average molecular weight is 285 g/mol. The van der Waals surface area contributed by atoms with E-state index in [0.29, 0.717) is 6.42 Å². The number of hydrogen-bond donors (Lipinski definition) is 0. The minimum atomic E-state index is -1.57. The SMILES string of the molecule is C#CC[C@@H](C[C@@H](C=C)O[Si](C)(C)C)O[Si](C)(C)C. The summed E-state index contributed by atoms with van der Waals surface area (Å²) < 4.78 is 12.2. The van der Waals surface area contributed by atoms with Gasteiger partial charge in [-0.25, -0.2) is 0 Å². The van der Waals surface area contributed by atoms with E-state index < -0.39 is 16.6 Å². The molecule has 0 rings (SSSR count). The first-order valence-electron chi connectivity index (χ1n) is 6.49. The van der Waals surface area contributed by atoms with Gasteiger partial charge < -0.3 is 8.85 Å². The van der Waals surface area contributed by atoms with E-state index in [1.165, 1.54) is 0 Å². The van der Waals surface area contributed by atoms with Crippen molar-refractivity contribution in [1.82, 2.24) is 0 Å². The predicted molar refractivity (Wildman–Crippen MR) is 84.7 cm³/mol. The van der Waals surface area contributed by atoms with Crippen LogP contribution >= 0.6 is 0 Å². The highest BCUT2D eigenvalue weighted by atomic mass is 28.4. The summed E-state index contributed by atoms with van der Waals surface area (Å²) in [6.07, 6.45) is 8.87. The fourth-order valence-corrected chi connectivity index (χ4v) is 3.99. The van der Waals surface area contributed by atoms with E-state index in [1.54, 1.807) is 0 Å². The van der Waals surface area contributed by atoms with Crippen molar-refractivity contribution in [2.45, 2.75) is 64.3 Å². The zero-order chi connectivity index (χ0) is 14.4. The highest BCUT2D eigenvalue weighted by Crippen LogP contribution is 2.19. The van der Waals surface area contributed by atoms with Gasteiger partial charge >= 0.3 is 0 Å². The Morgan fingerprint density at radius 1 is 1.11 bits per heavy atom. The molecule has 0 heterocycles. The molecule has 0 bridgehead atoms. The fraction of sp³-hybridized carbons (Fsp3) is 0.714. The molecule has 0 aromatic carbocycles. The zero-order valence-corrected chi connectivity index (χ0v) is 14.7. The Kier molecular flexibility index (Phi) is 7.15. The number of terminal acetylenes is 1. The van der Waals surface area contributed by atoms with Crippen LogP contribution in [0.3, 0.4) is 0 Å². The van der Waals surface area contributed by atoms with E-state index in [4.69, 9.17) is 15.3 Å². The predicted octanol–water partition coefficient (Wildman–Crippen LogP) is 4.03. The lowest BCUT2D eigenvalue weighted by Crippen LogP contribution is -2.37. The minimum Gasteiger partial charge on any atom is -0.414 e. The van der Waals surface area contributed by atoms with Crippen LogP contribution in [0.1, 0.15) is 12.8 Å². The molecular weight excluding hydrogens is 256 g/mol. The second kappa shape index (κ2) is 7.29. The maximum absolute atomic E-state index is 6.11. The van der Waals surface area contributed by atoms with Gasteiger partial charge in [0.25, 0.3) is 0 Å². The summed E-state index contributed by atoms with van der Waals surface area (Å²) in [5.74, 6) is 2.70. The topological polar surface area (TPSA) is 18.5 Å². The normalized spacial score (nSPS) is 15.8. The van der Waals surface area contributed by atoms with Crippen molar-refractivity contribution in [2.75, 3.05) is 0 Å². The van der Waals surface area contributed by atoms with E-state index in [1.807, 2.05) is 6.08 Å². The Labute approximate surface area is 115 Å². The molecule has 0 amide bonds. The molecule has 104 valence electrons. The molecule has 0 aliphatic carbocycles. The highest BCUT2D eigenvalue weighted by Gasteiger charge is 2.25. The smallest absolute Gasteiger partial charge is 0.184 e. The van der Waals surface area contributed by atoms with Crippen molar-refractivity contribution in [2.24, 2.45) is 0 Å². The van der Waals surface area contributed by atoms with Crippen molar-refractivity contribution in [3.05, 3.63) is 12.7 Å². The first-order valence-corrected chi connectivity index (χ1v) is 13.3. The summed E-state index contributed by atoms with van der Waals surface area (Å²) >= 11 is 0. The van der Waals surface area contributed by atoms with Crippen molar-refractivity contribution >= 4 is 16.6 Å². The molecule has 4 heteroatoms. The maximum Gasteiger partial charge on any atom is 0.184 e. The zero-order valence-electron chi connectivity index (χ0n) is 12.7. The van der Waals surface area contributed by atoms with Crippen LogP contribution in [0.15, 0.2) is 12.7 Å². The van der Waals surface area contributed by atoms with Gasteiger partial charge in [-0.05, 0) is 39.3 Å². The third kappa shape index (κ3) is 9.66. The monoisotopic (exact) mass is 284 g/mol. The molecule has 2 atom stereocenters. The molecule has 0 N–H and O–H groups in total. The van der Waals surface area contributed by atoms with Crippen LogP contribution < -0.4 is 0 Å². The molecule has 0 radical (unpaired) electrons. The summed E-state index contributed by atoms with van der Waals surface area (Å²) in [5.41, 5.74) is 0. The molecule has 0 aromatic heterocycles. The lowest BCUT2D eigenvalue weighted by Gasteiger charge is -2.30. The molecule has 0 saturated carbocycles. The highest BCUT2D eigenvalue weighted by molar-refractivity contribution is 6.70. The first kappa shape index (κ1) is 17.7. The van der Waals surface area contributed by atoms with Gasteiger partial charge in [0.2, 0.25) is 0 Å². The summed E-state index contributed by atoms with van der Waals surface area (Å²) in [6, 6.07) is 0. The van der Waals surface area contributed by atoms with Crippen molar-refractivity contribution in [1.29, 1.82) is 0 Å². The van der Waals surface area contributed by atoms with Gasteiger partial charge in [-0.2, -0.15) is 0 Å². The van der Waals surface area contributed by atoms with Crippen molar-refractivity contribution < 1.29 is 8.85 Å². The van der Waals surface area contributed by atoms with Crippen LogP contribution in [0.25, 0.3) is 0 Å². The van der Waals surface area contributed by atoms with Crippen LogP contribution in [0, 0.1) is 12.3 Å². The molecule has 0 unspecified atom stereocenters.